The second-order valence-electron chi connectivity index (χ2n) is 8.74. The van der Waals surface area contributed by atoms with Gasteiger partial charge in [-0.1, -0.05) is 30.0 Å². The van der Waals surface area contributed by atoms with Gasteiger partial charge in [0.25, 0.3) is 5.91 Å². The lowest BCUT2D eigenvalue weighted by Crippen LogP contribution is -2.19. The lowest BCUT2D eigenvalue weighted by Gasteiger charge is -2.23. The van der Waals surface area contributed by atoms with E-state index in [0.717, 1.165) is 16.5 Å². The van der Waals surface area contributed by atoms with Crippen LogP contribution in [0.2, 0.25) is 0 Å². The van der Waals surface area contributed by atoms with Gasteiger partial charge in [-0.3, -0.25) is 9.59 Å². The Labute approximate surface area is 206 Å². The molecule has 0 saturated heterocycles. The van der Waals surface area contributed by atoms with Gasteiger partial charge < -0.3 is 25.9 Å². The molecule has 7 nitrogen and oxygen atoms in total. The molecule has 0 saturated carbocycles. The van der Waals surface area contributed by atoms with Crippen LogP contribution in [0.1, 0.15) is 66.1 Å². The molecule has 0 bridgehead atoms. The number of hydrogen-bond donors (Lipinski definition) is 4. The molecule has 1 aromatic heterocycles. The molecule has 0 aliphatic carbocycles. The van der Waals surface area contributed by atoms with E-state index in [1.165, 1.54) is 0 Å². The number of carbonyl (C=O) groups is 2. The molecule has 1 atom stereocenters. The maximum absolute atomic E-state index is 12.4. The van der Waals surface area contributed by atoms with Gasteiger partial charge in [-0.2, -0.15) is 0 Å². The summed E-state index contributed by atoms with van der Waals surface area (Å²) in [7, 11) is 1.61. The highest BCUT2D eigenvalue weighted by atomic mass is 16.5. The Balaban J connectivity index is 2.00. The van der Waals surface area contributed by atoms with Crippen molar-refractivity contribution in [3.8, 4) is 17.6 Å². The number of aromatic nitrogens is 1. The fourth-order valence-electron chi connectivity index (χ4n) is 4.04. The molecule has 3 aromatic rings. The molecule has 0 unspecified atom stereocenters. The Hall–Kier alpha value is -3.76. The van der Waals surface area contributed by atoms with Crippen LogP contribution in [0, 0.1) is 11.8 Å². The number of rotatable bonds is 10. The van der Waals surface area contributed by atoms with Gasteiger partial charge in [-0.15, -0.1) is 0 Å². The van der Waals surface area contributed by atoms with E-state index in [4.69, 9.17) is 10.5 Å². The van der Waals surface area contributed by atoms with Crippen LogP contribution in [0.15, 0.2) is 42.6 Å². The number of aliphatic hydroxyl groups is 1. The molecule has 3 rings (SSSR count). The van der Waals surface area contributed by atoms with Crippen molar-refractivity contribution in [2.24, 2.45) is 5.73 Å². The second kappa shape index (κ2) is 12.1. The molecule has 0 aliphatic heterocycles. The quantitative estimate of drug-likeness (QED) is 0.264. The van der Waals surface area contributed by atoms with E-state index in [2.05, 4.69) is 22.1 Å². The molecule has 2 amide bonds. The van der Waals surface area contributed by atoms with Gasteiger partial charge in [-0.25, -0.2) is 0 Å². The first-order valence-corrected chi connectivity index (χ1v) is 11.8. The number of nitrogens with two attached hydrogens (primary N) is 1. The van der Waals surface area contributed by atoms with Crippen molar-refractivity contribution in [2.75, 3.05) is 13.7 Å². The minimum Gasteiger partial charge on any atom is -0.490 e. The van der Waals surface area contributed by atoms with E-state index in [1.54, 1.807) is 13.1 Å². The second-order valence-corrected chi connectivity index (χ2v) is 8.74. The SMILES string of the molecule is CNC(=O)CCCC#Cc1cc(C(N)=O)c(OC(C)C)c([C@H](CO)Cc2c[nH]c3ccccc23)c1. The summed E-state index contributed by atoms with van der Waals surface area (Å²) in [6.07, 6.45) is 3.87. The Morgan fingerprint density at radius 2 is 2.00 bits per heavy atom. The number of aromatic amines is 1. The van der Waals surface area contributed by atoms with E-state index >= 15 is 0 Å². The zero-order chi connectivity index (χ0) is 25.4. The number of H-pyrrole nitrogens is 1. The highest BCUT2D eigenvalue weighted by molar-refractivity contribution is 5.96. The van der Waals surface area contributed by atoms with Gasteiger partial charge in [0.15, 0.2) is 0 Å². The minimum absolute atomic E-state index is 0.0247. The number of aliphatic hydroxyl groups excluding tert-OH is 1. The van der Waals surface area contributed by atoms with Crippen LogP contribution in [-0.2, 0) is 11.2 Å². The predicted molar refractivity (Wildman–Crippen MR) is 137 cm³/mol. The minimum atomic E-state index is -0.617. The number of carbonyl (C=O) groups excluding carboxylic acids is 2. The van der Waals surface area contributed by atoms with Crippen LogP contribution in [0.25, 0.3) is 10.9 Å². The molecular weight excluding hydrogens is 442 g/mol. The summed E-state index contributed by atoms with van der Waals surface area (Å²) >= 11 is 0. The normalized spacial score (nSPS) is 11.7. The zero-order valence-electron chi connectivity index (χ0n) is 20.5. The maximum atomic E-state index is 12.4. The first-order valence-electron chi connectivity index (χ1n) is 11.8. The zero-order valence-corrected chi connectivity index (χ0v) is 20.5. The number of hydrogen-bond acceptors (Lipinski definition) is 4. The topological polar surface area (TPSA) is 117 Å². The van der Waals surface area contributed by atoms with Gasteiger partial charge in [0.2, 0.25) is 5.91 Å². The molecule has 0 aliphatic rings. The molecule has 1 heterocycles. The van der Waals surface area contributed by atoms with Crippen molar-refractivity contribution in [1.82, 2.24) is 10.3 Å². The highest BCUT2D eigenvalue weighted by Crippen LogP contribution is 2.35. The predicted octanol–water partition coefficient (Wildman–Crippen LogP) is 3.64. The fourth-order valence-corrected chi connectivity index (χ4v) is 4.04. The van der Waals surface area contributed by atoms with Crippen molar-refractivity contribution in [3.63, 3.8) is 0 Å². The van der Waals surface area contributed by atoms with E-state index < -0.39 is 5.91 Å². The molecule has 35 heavy (non-hydrogen) atoms. The average Bonchev–Trinajstić information content (AvgIpc) is 3.25. The Bertz CT molecular complexity index is 1250. The summed E-state index contributed by atoms with van der Waals surface area (Å²) in [6, 6.07) is 11.5. The molecule has 5 N–H and O–H groups in total. The van der Waals surface area contributed by atoms with Crippen molar-refractivity contribution in [3.05, 3.63) is 64.8 Å². The maximum Gasteiger partial charge on any atom is 0.252 e. The Kier molecular flexibility index (Phi) is 8.93. The third kappa shape index (κ3) is 6.65. The molecule has 0 radical (unpaired) electrons. The van der Waals surface area contributed by atoms with Gasteiger partial charge in [0.05, 0.1) is 18.3 Å². The summed E-state index contributed by atoms with van der Waals surface area (Å²) in [4.78, 5) is 27.1. The molecule has 0 spiro atoms. The van der Waals surface area contributed by atoms with Crippen molar-refractivity contribution in [2.45, 2.75) is 51.6 Å². The lowest BCUT2D eigenvalue weighted by molar-refractivity contribution is -0.120. The number of ether oxygens (including phenoxy) is 1. The van der Waals surface area contributed by atoms with E-state index in [9.17, 15) is 14.7 Å². The molecule has 184 valence electrons. The van der Waals surface area contributed by atoms with Crippen LogP contribution >= 0.6 is 0 Å². The number of nitrogens with one attached hydrogen (secondary N) is 2. The lowest BCUT2D eigenvalue weighted by atomic mass is 9.88. The van der Waals surface area contributed by atoms with Crippen molar-refractivity contribution < 1.29 is 19.4 Å². The summed E-state index contributed by atoms with van der Waals surface area (Å²) in [6.45, 7) is 3.61. The monoisotopic (exact) mass is 475 g/mol. The summed E-state index contributed by atoms with van der Waals surface area (Å²) in [5, 5.41) is 14.1. The molecular formula is C28H33N3O4. The Morgan fingerprint density at radius 3 is 2.69 bits per heavy atom. The molecule has 2 aromatic carbocycles. The van der Waals surface area contributed by atoms with E-state index in [0.29, 0.717) is 42.6 Å². The van der Waals surface area contributed by atoms with Crippen molar-refractivity contribution in [1.29, 1.82) is 0 Å². The summed E-state index contributed by atoms with van der Waals surface area (Å²) in [5.74, 6) is 5.57. The van der Waals surface area contributed by atoms with Crippen LogP contribution in [0.4, 0.5) is 0 Å². The van der Waals surface area contributed by atoms with Crippen LogP contribution < -0.4 is 15.8 Å². The fraction of sp³-hybridized carbons (Fsp3) is 0.357. The van der Waals surface area contributed by atoms with Gasteiger partial charge >= 0.3 is 0 Å². The number of unbranched alkanes of at least 4 members (excludes halogenated alkanes) is 1. The number of amides is 2. The first-order chi connectivity index (χ1) is 16.8. The van der Waals surface area contributed by atoms with Gasteiger partial charge in [0.1, 0.15) is 5.75 Å². The third-order valence-electron chi connectivity index (χ3n) is 5.76. The Morgan fingerprint density at radius 1 is 1.23 bits per heavy atom. The standard InChI is InChI=1S/C28H33N3O4/c1-18(2)35-27-23(21(17-32)15-20-16-31-25-11-8-7-10-22(20)25)13-19(14-24(27)28(29)34)9-5-4-6-12-26(33)30-3/h7-8,10-11,13-14,16,18,21,31-32H,4,6,12,15,17H2,1-3H3,(H2,29,34)(H,30,33)/t21-/m0/s1. The number of primary amides is 1. The number of fused-ring (bicyclic) bond motifs is 1. The average molecular weight is 476 g/mol. The van der Waals surface area contributed by atoms with Crippen LogP contribution in [0.5, 0.6) is 5.75 Å². The van der Waals surface area contributed by atoms with E-state index in [1.807, 2.05) is 50.4 Å². The largest absolute Gasteiger partial charge is 0.490 e. The summed E-state index contributed by atoms with van der Waals surface area (Å²) in [5.41, 5.74) is 9.35. The van der Waals surface area contributed by atoms with E-state index in [-0.39, 0.29) is 30.1 Å². The highest BCUT2D eigenvalue weighted by Gasteiger charge is 2.24. The first kappa shape index (κ1) is 25.9. The molecule has 7 heteroatoms. The summed E-state index contributed by atoms with van der Waals surface area (Å²) < 4.78 is 6.05. The van der Waals surface area contributed by atoms with Crippen LogP contribution in [0.3, 0.4) is 0 Å². The number of para-hydroxylation sites is 1. The van der Waals surface area contributed by atoms with Gasteiger partial charge in [0, 0.05) is 54.0 Å². The van der Waals surface area contributed by atoms with Gasteiger partial charge in [-0.05, 0) is 50.5 Å². The smallest absolute Gasteiger partial charge is 0.252 e. The molecule has 0 fully saturated rings. The van der Waals surface area contributed by atoms with Crippen molar-refractivity contribution >= 4 is 22.7 Å². The van der Waals surface area contributed by atoms with Crippen LogP contribution in [-0.4, -0.2) is 41.7 Å². The third-order valence-corrected chi connectivity index (χ3v) is 5.76. The number of benzene rings is 2.